The van der Waals surface area contributed by atoms with E-state index in [2.05, 4.69) is 13.2 Å². The van der Waals surface area contributed by atoms with E-state index in [0.717, 1.165) is 37.4 Å². The second-order valence-corrected chi connectivity index (χ2v) is 8.13. The number of methoxy groups -OCH3 is 1. The molecule has 1 heterocycles. The van der Waals surface area contributed by atoms with E-state index in [0.29, 0.717) is 13.0 Å². The van der Waals surface area contributed by atoms with Crippen LogP contribution in [-0.4, -0.2) is 43.9 Å². The van der Waals surface area contributed by atoms with Gasteiger partial charge < -0.3 is 23.7 Å². The summed E-state index contributed by atoms with van der Waals surface area (Å²) in [5.41, 5.74) is -1.22. The minimum Gasteiger partial charge on any atom is -0.497 e. The van der Waals surface area contributed by atoms with Gasteiger partial charge in [0.1, 0.15) is 23.2 Å². The largest absolute Gasteiger partial charge is 0.497 e. The second-order valence-electron chi connectivity index (χ2n) is 8.13. The molecule has 1 unspecified atom stereocenters. The van der Waals surface area contributed by atoms with Gasteiger partial charge in [0.25, 0.3) is 0 Å². The van der Waals surface area contributed by atoms with E-state index in [1.54, 1.807) is 13.2 Å². The molecule has 1 aliphatic heterocycles. The molecule has 0 N–H and O–H groups in total. The van der Waals surface area contributed by atoms with Crippen LogP contribution in [0, 0.1) is 0 Å². The van der Waals surface area contributed by atoms with Crippen LogP contribution in [0.4, 0.5) is 0 Å². The lowest BCUT2D eigenvalue weighted by Gasteiger charge is -2.41. The van der Waals surface area contributed by atoms with E-state index < -0.39 is 11.2 Å². The van der Waals surface area contributed by atoms with Crippen molar-refractivity contribution in [1.82, 2.24) is 0 Å². The molecule has 29 heavy (non-hydrogen) atoms. The molecule has 0 saturated carbocycles. The summed E-state index contributed by atoms with van der Waals surface area (Å²) in [7, 11) is 1.64. The van der Waals surface area contributed by atoms with Crippen LogP contribution in [0.3, 0.4) is 0 Å². The first-order valence-electron chi connectivity index (χ1n) is 10.3. The zero-order valence-corrected chi connectivity index (χ0v) is 18.3. The van der Waals surface area contributed by atoms with E-state index in [1.807, 2.05) is 51.1 Å². The van der Waals surface area contributed by atoms with E-state index in [1.165, 1.54) is 0 Å². The highest BCUT2D eigenvalue weighted by atomic mass is 16.7. The number of ether oxygens (including phenoxy) is 5. The fourth-order valence-electron chi connectivity index (χ4n) is 3.23. The van der Waals surface area contributed by atoms with E-state index in [-0.39, 0.29) is 12.4 Å². The van der Waals surface area contributed by atoms with Crippen molar-refractivity contribution in [3.8, 4) is 11.5 Å². The fraction of sp³-hybridized carbons (Fsp3) is 0.583. The Labute approximate surface area is 175 Å². The highest BCUT2D eigenvalue weighted by molar-refractivity contribution is 5.31. The molecule has 3 atom stereocenters. The number of hydrogen-bond acceptors (Lipinski definition) is 5. The van der Waals surface area contributed by atoms with Crippen molar-refractivity contribution in [2.24, 2.45) is 0 Å². The van der Waals surface area contributed by atoms with E-state index in [4.69, 9.17) is 23.7 Å². The van der Waals surface area contributed by atoms with Crippen molar-refractivity contribution < 1.29 is 23.7 Å². The topological polar surface area (TPSA) is 46.2 Å². The summed E-state index contributed by atoms with van der Waals surface area (Å²) in [5.74, 6) is 1.51. The number of rotatable bonds is 12. The zero-order valence-electron chi connectivity index (χ0n) is 18.3. The van der Waals surface area contributed by atoms with Gasteiger partial charge in [-0.1, -0.05) is 12.2 Å². The van der Waals surface area contributed by atoms with Gasteiger partial charge in [-0.3, -0.25) is 0 Å². The standard InChI is InChI=1S/C24H36O5/c1-7-16-24(5,28-20-14-12-19(25-6)13-15-20)21(29-23(3,4)8-2)18-27-22-11-9-10-17-26-22/h7-8,12-15,21-22H,1-2,9-11,16-18H2,3-6H3/t21-,22?,24-/m0/s1. The molecule has 0 amide bonds. The summed E-state index contributed by atoms with van der Waals surface area (Å²) in [6.07, 6.45) is 6.76. The van der Waals surface area contributed by atoms with Crippen LogP contribution < -0.4 is 9.47 Å². The predicted octanol–water partition coefficient (Wildman–Crippen LogP) is 5.30. The Hall–Kier alpha value is -1.82. The summed E-state index contributed by atoms with van der Waals surface area (Å²) in [6, 6.07) is 7.53. The van der Waals surface area contributed by atoms with Gasteiger partial charge in [-0.2, -0.15) is 0 Å². The summed E-state index contributed by atoms with van der Waals surface area (Å²) in [4.78, 5) is 0. The fourth-order valence-corrected chi connectivity index (χ4v) is 3.23. The van der Waals surface area contributed by atoms with Crippen LogP contribution in [0.2, 0.25) is 0 Å². The van der Waals surface area contributed by atoms with Gasteiger partial charge >= 0.3 is 0 Å². The van der Waals surface area contributed by atoms with Gasteiger partial charge in [0.2, 0.25) is 0 Å². The highest BCUT2D eigenvalue weighted by Crippen LogP contribution is 2.31. The predicted molar refractivity (Wildman–Crippen MR) is 116 cm³/mol. The van der Waals surface area contributed by atoms with Crippen LogP contribution in [0.5, 0.6) is 11.5 Å². The van der Waals surface area contributed by atoms with Crippen LogP contribution in [0.15, 0.2) is 49.6 Å². The maximum atomic E-state index is 6.43. The maximum Gasteiger partial charge on any atom is 0.157 e. The van der Waals surface area contributed by atoms with Crippen molar-refractivity contribution in [2.45, 2.75) is 70.1 Å². The minimum absolute atomic E-state index is 0.198. The Kier molecular flexibility index (Phi) is 8.75. The third-order valence-electron chi connectivity index (χ3n) is 5.15. The molecule has 2 rings (SSSR count). The molecule has 1 fully saturated rings. The molecule has 0 bridgehead atoms. The molecule has 0 aromatic heterocycles. The monoisotopic (exact) mass is 404 g/mol. The van der Waals surface area contributed by atoms with Crippen molar-refractivity contribution >= 4 is 0 Å². The third kappa shape index (κ3) is 7.18. The van der Waals surface area contributed by atoms with E-state index in [9.17, 15) is 0 Å². The molecule has 1 aromatic carbocycles. The molecule has 0 aliphatic carbocycles. The first-order chi connectivity index (χ1) is 13.8. The van der Waals surface area contributed by atoms with Crippen molar-refractivity contribution in [3.05, 3.63) is 49.6 Å². The summed E-state index contributed by atoms with van der Waals surface area (Å²) >= 11 is 0. The van der Waals surface area contributed by atoms with Gasteiger partial charge in [0.15, 0.2) is 6.29 Å². The third-order valence-corrected chi connectivity index (χ3v) is 5.15. The van der Waals surface area contributed by atoms with Crippen LogP contribution in [0.25, 0.3) is 0 Å². The molecule has 5 nitrogen and oxygen atoms in total. The Balaban J connectivity index is 2.21. The molecule has 1 aliphatic rings. The normalized spacial score (nSPS) is 20.3. The summed E-state index contributed by atoms with van der Waals surface area (Å²) in [5, 5.41) is 0. The lowest BCUT2D eigenvalue weighted by Crippen LogP contribution is -2.52. The zero-order chi connectivity index (χ0) is 21.3. The first-order valence-corrected chi connectivity index (χ1v) is 10.3. The SMILES string of the molecule is C=CC[C@](C)(Oc1ccc(OC)cc1)[C@H](COC1CCCCO1)OC(C)(C)C=C. The number of hydrogen-bond donors (Lipinski definition) is 0. The molecule has 1 aromatic rings. The van der Waals surface area contributed by atoms with Gasteiger partial charge in [0, 0.05) is 13.0 Å². The van der Waals surface area contributed by atoms with Gasteiger partial charge in [0.05, 0.1) is 19.3 Å². The van der Waals surface area contributed by atoms with Gasteiger partial charge in [-0.05, 0) is 64.3 Å². The van der Waals surface area contributed by atoms with Crippen LogP contribution in [0.1, 0.15) is 46.5 Å². The first kappa shape index (κ1) is 23.5. The molecular weight excluding hydrogens is 368 g/mol. The van der Waals surface area contributed by atoms with Crippen molar-refractivity contribution in [1.29, 1.82) is 0 Å². The Bertz CT molecular complexity index is 633. The average Bonchev–Trinajstić information content (AvgIpc) is 2.72. The lowest BCUT2D eigenvalue weighted by molar-refractivity contribution is -0.211. The molecule has 162 valence electrons. The van der Waals surface area contributed by atoms with Crippen molar-refractivity contribution in [2.75, 3.05) is 20.3 Å². The molecule has 5 heteroatoms. The molecule has 0 spiro atoms. The smallest absolute Gasteiger partial charge is 0.157 e. The maximum absolute atomic E-state index is 6.43. The second kappa shape index (κ2) is 10.8. The molecule has 0 radical (unpaired) electrons. The Morgan fingerprint density at radius 3 is 2.38 bits per heavy atom. The average molecular weight is 405 g/mol. The lowest BCUT2D eigenvalue weighted by atomic mass is 9.93. The van der Waals surface area contributed by atoms with E-state index >= 15 is 0 Å². The quantitative estimate of drug-likeness (QED) is 0.442. The Morgan fingerprint density at radius 1 is 1.14 bits per heavy atom. The van der Waals surface area contributed by atoms with Gasteiger partial charge in [-0.15, -0.1) is 13.2 Å². The van der Waals surface area contributed by atoms with Crippen LogP contribution in [-0.2, 0) is 14.2 Å². The number of benzene rings is 1. The van der Waals surface area contributed by atoms with Crippen LogP contribution >= 0.6 is 0 Å². The van der Waals surface area contributed by atoms with Crippen molar-refractivity contribution in [3.63, 3.8) is 0 Å². The highest BCUT2D eigenvalue weighted by Gasteiger charge is 2.40. The molecule has 1 saturated heterocycles. The van der Waals surface area contributed by atoms with Gasteiger partial charge in [-0.25, -0.2) is 0 Å². The summed E-state index contributed by atoms with van der Waals surface area (Å²) in [6.45, 7) is 14.9. The molecular formula is C24H36O5. The minimum atomic E-state index is -0.689. The Morgan fingerprint density at radius 2 is 1.83 bits per heavy atom. The summed E-state index contributed by atoms with van der Waals surface area (Å²) < 4.78 is 29.9.